The lowest BCUT2D eigenvalue weighted by molar-refractivity contribution is 0.571. The van der Waals surface area contributed by atoms with E-state index in [1.165, 1.54) is 12.1 Å². The number of furan rings is 1. The summed E-state index contributed by atoms with van der Waals surface area (Å²) in [7, 11) is 0. The molecule has 0 amide bonds. The summed E-state index contributed by atoms with van der Waals surface area (Å²) in [5.41, 5.74) is 2.63. The fourth-order valence-electron chi connectivity index (χ4n) is 2.61. The second kappa shape index (κ2) is 6.51. The van der Waals surface area contributed by atoms with Gasteiger partial charge in [-0.15, -0.1) is 0 Å². The number of nitrogens with zero attached hydrogens (tertiary/aromatic N) is 2. The molecule has 26 heavy (non-hydrogen) atoms. The van der Waals surface area contributed by atoms with Gasteiger partial charge in [0.25, 0.3) is 0 Å². The van der Waals surface area contributed by atoms with Crippen molar-refractivity contribution in [1.29, 1.82) is 5.26 Å². The van der Waals surface area contributed by atoms with Crippen molar-refractivity contribution in [3.63, 3.8) is 0 Å². The van der Waals surface area contributed by atoms with Gasteiger partial charge in [-0.25, -0.2) is 9.37 Å². The maximum atomic E-state index is 13.3. The maximum Gasteiger partial charge on any atom is 0.149 e. The molecule has 4 aromatic rings. The molecule has 0 saturated heterocycles. The highest BCUT2D eigenvalue weighted by atomic mass is 35.5. The number of H-pyrrole nitrogens is 1. The molecule has 0 spiro atoms. The molecule has 0 unspecified atom stereocenters. The molecule has 1 N–H and O–H groups in total. The lowest BCUT2D eigenvalue weighted by Gasteiger charge is -1.99. The van der Waals surface area contributed by atoms with Crippen LogP contribution in [0.4, 0.5) is 4.39 Å². The van der Waals surface area contributed by atoms with Gasteiger partial charge in [-0.3, -0.25) is 0 Å². The number of rotatable bonds is 3. The Morgan fingerprint density at radius 1 is 1.19 bits per heavy atom. The van der Waals surface area contributed by atoms with Gasteiger partial charge < -0.3 is 9.40 Å². The monoisotopic (exact) mass is 363 g/mol. The smallest absolute Gasteiger partial charge is 0.149 e. The highest BCUT2D eigenvalue weighted by Crippen LogP contribution is 2.28. The van der Waals surface area contributed by atoms with Gasteiger partial charge in [0.15, 0.2) is 0 Å². The fraction of sp³-hybridized carbons (Fsp3) is 0. The van der Waals surface area contributed by atoms with Crippen LogP contribution < -0.4 is 0 Å². The molecule has 2 heterocycles. The molecule has 0 fully saturated rings. The number of benzene rings is 2. The van der Waals surface area contributed by atoms with Gasteiger partial charge in [0.2, 0.25) is 0 Å². The normalized spacial score (nSPS) is 11.7. The minimum atomic E-state index is -0.487. The molecule has 0 atom stereocenters. The third-order valence-electron chi connectivity index (χ3n) is 3.88. The number of hydrogen-bond acceptors (Lipinski definition) is 3. The number of aromatic amines is 1. The Kier molecular flexibility index (Phi) is 4.04. The summed E-state index contributed by atoms with van der Waals surface area (Å²) in [6.45, 7) is 0. The Morgan fingerprint density at radius 3 is 2.81 bits per heavy atom. The van der Waals surface area contributed by atoms with Crippen LogP contribution in [0.15, 0.2) is 59.0 Å². The summed E-state index contributed by atoms with van der Waals surface area (Å²) in [4.78, 5) is 7.54. The molecule has 0 aliphatic carbocycles. The highest BCUT2D eigenvalue weighted by molar-refractivity contribution is 6.31. The first-order valence-corrected chi connectivity index (χ1v) is 8.14. The summed E-state index contributed by atoms with van der Waals surface area (Å²) >= 11 is 5.81. The van der Waals surface area contributed by atoms with Crippen LogP contribution >= 0.6 is 11.6 Å². The SMILES string of the molecule is N#C/C(=C/c1ccc(-c2ccc(F)c(Cl)c2)o1)c1nc2ccccc2[nH]1. The minimum absolute atomic E-state index is 0.0241. The molecular weight excluding hydrogens is 353 g/mol. The molecule has 2 aromatic heterocycles. The summed E-state index contributed by atoms with van der Waals surface area (Å²) in [6, 6.07) is 17.5. The van der Waals surface area contributed by atoms with Crippen LogP contribution in [-0.2, 0) is 0 Å². The molecule has 2 aromatic carbocycles. The van der Waals surface area contributed by atoms with Crippen molar-refractivity contribution in [2.24, 2.45) is 0 Å². The number of halogens is 2. The maximum absolute atomic E-state index is 13.3. The van der Waals surface area contributed by atoms with Crippen molar-refractivity contribution < 1.29 is 8.81 Å². The molecule has 0 radical (unpaired) electrons. The number of allylic oxidation sites excluding steroid dienone is 1. The Balaban J connectivity index is 1.69. The van der Waals surface area contributed by atoms with E-state index in [2.05, 4.69) is 16.0 Å². The van der Waals surface area contributed by atoms with Gasteiger partial charge in [-0.05, 0) is 42.5 Å². The third-order valence-corrected chi connectivity index (χ3v) is 4.17. The average molecular weight is 364 g/mol. The lowest BCUT2D eigenvalue weighted by Crippen LogP contribution is -1.84. The van der Waals surface area contributed by atoms with Gasteiger partial charge in [0.05, 0.1) is 21.6 Å². The zero-order chi connectivity index (χ0) is 18.1. The number of nitrogens with one attached hydrogen (secondary N) is 1. The first-order valence-electron chi connectivity index (χ1n) is 7.76. The Bertz CT molecular complexity index is 1150. The van der Waals surface area contributed by atoms with E-state index in [9.17, 15) is 9.65 Å². The summed E-state index contributed by atoms with van der Waals surface area (Å²) in [6.07, 6.45) is 1.60. The number of imidazole rings is 1. The standard InChI is InChI=1S/C20H11ClFN3O/c21-15-10-12(5-7-16(15)22)19-8-6-14(26-19)9-13(11-23)20-24-17-3-1-2-4-18(17)25-20/h1-10H,(H,24,25)/b13-9-. The van der Waals surface area contributed by atoms with Gasteiger partial charge >= 0.3 is 0 Å². The molecular formula is C20H11ClFN3O. The van der Waals surface area contributed by atoms with Gasteiger partial charge in [0.1, 0.15) is 29.2 Å². The number of nitriles is 1. The van der Waals surface area contributed by atoms with Gasteiger partial charge in [-0.1, -0.05) is 23.7 Å². The molecule has 4 rings (SSSR count). The van der Waals surface area contributed by atoms with E-state index < -0.39 is 5.82 Å². The van der Waals surface area contributed by atoms with Crippen LogP contribution in [-0.4, -0.2) is 9.97 Å². The first-order chi connectivity index (χ1) is 12.6. The van der Waals surface area contributed by atoms with Crippen molar-refractivity contribution in [2.45, 2.75) is 0 Å². The fourth-order valence-corrected chi connectivity index (χ4v) is 2.79. The van der Waals surface area contributed by atoms with Crippen molar-refractivity contribution in [3.05, 3.63) is 77.0 Å². The Morgan fingerprint density at radius 2 is 2.04 bits per heavy atom. The minimum Gasteiger partial charge on any atom is -0.457 e. The summed E-state index contributed by atoms with van der Waals surface area (Å²) in [5.74, 6) is 0.993. The predicted octanol–water partition coefficient (Wildman–Crippen LogP) is 5.68. The first kappa shape index (κ1) is 16.1. The van der Waals surface area contributed by atoms with E-state index in [-0.39, 0.29) is 5.02 Å². The molecule has 0 aliphatic heterocycles. The largest absolute Gasteiger partial charge is 0.457 e. The molecule has 0 saturated carbocycles. The Hall–Kier alpha value is -3.36. The molecule has 0 aliphatic rings. The summed E-state index contributed by atoms with van der Waals surface area (Å²) < 4.78 is 19.0. The van der Waals surface area contributed by atoms with Gasteiger partial charge in [0, 0.05) is 11.6 Å². The lowest BCUT2D eigenvalue weighted by atomic mass is 10.2. The predicted molar refractivity (Wildman–Crippen MR) is 98.7 cm³/mol. The van der Waals surface area contributed by atoms with Crippen LogP contribution in [0.1, 0.15) is 11.6 Å². The molecule has 126 valence electrons. The molecule has 6 heteroatoms. The number of fused-ring (bicyclic) bond motifs is 1. The van der Waals surface area contributed by atoms with Crippen LogP contribution in [0.5, 0.6) is 0 Å². The van der Waals surface area contributed by atoms with Crippen LogP contribution in [0.25, 0.3) is 34.0 Å². The van der Waals surface area contributed by atoms with E-state index in [1.807, 2.05) is 24.3 Å². The topological polar surface area (TPSA) is 65.6 Å². The highest BCUT2D eigenvalue weighted by Gasteiger charge is 2.11. The average Bonchev–Trinajstić information content (AvgIpc) is 3.28. The van der Waals surface area contributed by atoms with E-state index in [0.717, 1.165) is 11.0 Å². The zero-order valence-corrected chi connectivity index (χ0v) is 14.1. The zero-order valence-electron chi connectivity index (χ0n) is 13.3. The molecule has 4 nitrogen and oxygen atoms in total. The van der Waals surface area contributed by atoms with E-state index >= 15 is 0 Å². The van der Waals surface area contributed by atoms with Crippen LogP contribution in [0, 0.1) is 17.1 Å². The van der Waals surface area contributed by atoms with E-state index in [4.69, 9.17) is 16.0 Å². The van der Waals surface area contributed by atoms with Crippen molar-refractivity contribution in [3.8, 4) is 17.4 Å². The molecule has 0 bridgehead atoms. The van der Waals surface area contributed by atoms with Gasteiger partial charge in [-0.2, -0.15) is 5.26 Å². The van der Waals surface area contributed by atoms with E-state index in [1.54, 1.807) is 24.3 Å². The van der Waals surface area contributed by atoms with Crippen LogP contribution in [0.2, 0.25) is 5.02 Å². The van der Waals surface area contributed by atoms with Crippen molar-refractivity contribution in [1.82, 2.24) is 9.97 Å². The number of para-hydroxylation sites is 2. The van der Waals surface area contributed by atoms with Crippen molar-refractivity contribution >= 4 is 34.3 Å². The second-order valence-electron chi connectivity index (χ2n) is 5.60. The second-order valence-corrected chi connectivity index (χ2v) is 6.01. The summed E-state index contributed by atoms with van der Waals surface area (Å²) in [5, 5.41) is 9.50. The number of hydrogen-bond donors (Lipinski definition) is 1. The van der Waals surface area contributed by atoms with Crippen LogP contribution in [0.3, 0.4) is 0 Å². The third kappa shape index (κ3) is 2.99. The van der Waals surface area contributed by atoms with Crippen molar-refractivity contribution in [2.75, 3.05) is 0 Å². The Labute approximate surface area is 153 Å². The van der Waals surface area contributed by atoms with E-state index in [0.29, 0.717) is 28.5 Å². The quantitative estimate of drug-likeness (QED) is 0.476. The number of aromatic nitrogens is 2.